The highest BCUT2D eigenvalue weighted by Gasteiger charge is 2.07. The van der Waals surface area contributed by atoms with E-state index >= 15 is 0 Å². The summed E-state index contributed by atoms with van der Waals surface area (Å²) in [4.78, 5) is 12.0. The van der Waals surface area contributed by atoms with Gasteiger partial charge in [-0.25, -0.2) is 0 Å². The zero-order valence-corrected chi connectivity index (χ0v) is 15.9. The van der Waals surface area contributed by atoms with Crippen LogP contribution in [-0.2, 0) is 11.3 Å². The Morgan fingerprint density at radius 1 is 0.962 bits per heavy atom. The molecule has 1 amide bonds. The predicted molar refractivity (Wildman–Crippen MR) is 103 cm³/mol. The van der Waals surface area contributed by atoms with Crippen LogP contribution in [0.4, 0.5) is 5.69 Å². The fraction of sp³-hybridized carbons (Fsp3) is 0.316. The van der Waals surface area contributed by atoms with Gasteiger partial charge in [0.1, 0.15) is 5.75 Å². The van der Waals surface area contributed by atoms with Crippen molar-refractivity contribution in [1.29, 1.82) is 0 Å². The Balaban J connectivity index is 1.78. The number of ether oxygens (including phenoxy) is 3. The Morgan fingerprint density at radius 3 is 2.31 bits per heavy atom. The number of hydrogen-bond acceptors (Lipinski definition) is 5. The first-order valence-electron chi connectivity index (χ1n) is 8.12. The van der Waals surface area contributed by atoms with Gasteiger partial charge in [0.05, 0.1) is 26.4 Å². The number of hydrogen-bond donors (Lipinski definition) is 2. The van der Waals surface area contributed by atoms with Gasteiger partial charge in [0.15, 0.2) is 11.5 Å². The van der Waals surface area contributed by atoms with Crippen LogP contribution in [0.3, 0.4) is 0 Å². The Labute approximate surface area is 158 Å². The summed E-state index contributed by atoms with van der Waals surface area (Å²) in [6.45, 7) is 0.925. The molecule has 0 aromatic heterocycles. The summed E-state index contributed by atoms with van der Waals surface area (Å²) in [6, 6.07) is 10.9. The molecule has 26 heavy (non-hydrogen) atoms. The molecule has 140 valence electrons. The number of halogens is 1. The number of rotatable bonds is 9. The number of carbonyl (C=O) groups excluding carboxylic acids is 1. The van der Waals surface area contributed by atoms with Crippen molar-refractivity contribution < 1.29 is 19.0 Å². The molecule has 0 aliphatic rings. The lowest BCUT2D eigenvalue weighted by Gasteiger charge is -2.11. The van der Waals surface area contributed by atoms with Crippen LogP contribution in [0.2, 0.25) is 5.02 Å². The molecule has 0 unspecified atom stereocenters. The highest BCUT2D eigenvalue weighted by Crippen LogP contribution is 2.28. The number of methoxy groups -OCH3 is 3. The molecule has 0 saturated carbocycles. The summed E-state index contributed by atoms with van der Waals surface area (Å²) < 4.78 is 15.6. The fourth-order valence-corrected chi connectivity index (χ4v) is 2.63. The molecule has 0 aliphatic carbocycles. The third kappa shape index (κ3) is 5.46. The molecule has 0 spiro atoms. The van der Waals surface area contributed by atoms with Gasteiger partial charge in [-0.1, -0.05) is 17.7 Å². The lowest BCUT2D eigenvalue weighted by atomic mass is 10.2. The maximum absolute atomic E-state index is 12.0. The van der Waals surface area contributed by atoms with E-state index in [-0.39, 0.29) is 5.91 Å². The second kappa shape index (κ2) is 9.77. The molecule has 0 fully saturated rings. The van der Waals surface area contributed by atoms with Gasteiger partial charge in [-0.05, 0) is 35.9 Å². The topological polar surface area (TPSA) is 68.8 Å². The molecule has 6 nitrogen and oxygen atoms in total. The van der Waals surface area contributed by atoms with Gasteiger partial charge < -0.3 is 24.8 Å². The third-order valence-corrected chi connectivity index (χ3v) is 4.07. The van der Waals surface area contributed by atoms with E-state index in [1.165, 1.54) is 0 Å². The van der Waals surface area contributed by atoms with Gasteiger partial charge in [0, 0.05) is 25.2 Å². The van der Waals surface area contributed by atoms with E-state index in [4.69, 9.17) is 25.8 Å². The van der Waals surface area contributed by atoms with Gasteiger partial charge in [-0.2, -0.15) is 0 Å². The van der Waals surface area contributed by atoms with Crippen molar-refractivity contribution in [3.8, 4) is 17.2 Å². The Kier molecular flexibility index (Phi) is 7.41. The molecular formula is C19H23ClN2O4. The SMILES string of the molecule is COc1ccc(NCCC(=O)NCc2ccc(OC)c(OC)c2)cc1Cl. The first kappa shape index (κ1) is 19.7. The largest absolute Gasteiger partial charge is 0.495 e. The molecule has 0 saturated heterocycles. The van der Waals surface area contributed by atoms with Crippen LogP contribution in [-0.4, -0.2) is 33.8 Å². The molecule has 2 aromatic rings. The van der Waals surface area contributed by atoms with Gasteiger partial charge in [0.2, 0.25) is 5.91 Å². The number of amides is 1. The first-order valence-corrected chi connectivity index (χ1v) is 8.50. The van der Waals surface area contributed by atoms with Crippen LogP contribution < -0.4 is 24.8 Å². The zero-order chi connectivity index (χ0) is 18.9. The molecule has 2 N–H and O–H groups in total. The van der Waals surface area contributed by atoms with Crippen LogP contribution in [0.25, 0.3) is 0 Å². The summed E-state index contributed by atoms with van der Waals surface area (Å²) in [7, 11) is 4.73. The minimum Gasteiger partial charge on any atom is -0.495 e. The van der Waals surface area contributed by atoms with Gasteiger partial charge >= 0.3 is 0 Å². The second-order valence-corrected chi connectivity index (χ2v) is 5.90. The fourth-order valence-electron chi connectivity index (χ4n) is 2.38. The molecule has 0 bridgehead atoms. The van der Waals surface area contributed by atoms with E-state index in [1.807, 2.05) is 24.3 Å². The molecule has 0 radical (unpaired) electrons. The number of carbonyl (C=O) groups is 1. The molecule has 7 heteroatoms. The summed E-state index contributed by atoms with van der Waals surface area (Å²) >= 11 is 6.07. The predicted octanol–water partition coefficient (Wildman–Crippen LogP) is 3.48. The Morgan fingerprint density at radius 2 is 1.65 bits per heavy atom. The van der Waals surface area contributed by atoms with E-state index < -0.39 is 0 Å². The molecule has 2 rings (SSSR count). The summed E-state index contributed by atoms with van der Waals surface area (Å²) in [5, 5.41) is 6.57. The van der Waals surface area contributed by atoms with Gasteiger partial charge in [-0.15, -0.1) is 0 Å². The average molecular weight is 379 g/mol. The van der Waals surface area contributed by atoms with E-state index in [2.05, 4.69) is 10.6 Å². The number of nitrogens with one attached hydrogen (secondary N) is 2. The monoisotopic (exact) mass is 378 g/mol. The average Bonchev–Trinajstić information content (AvgIpc) is 2.66. The van der Waals surface area contributed by atoms with Crippen molar-refractivity contribution in [2.45, 2.75) is 13.0 Å². The van der Waals surface area contributed by atoms with Crippen molar-refractivity contribution >= 4 is 23.2 Å². The van der Waals surface area contributed by atoms with Crippen LogP contribution in [0.1, 0.15) is 12.0 Å². The smallest absolute Gasteiger partial charge is 0.222 e. The normalized spacial score (nSPS) is 10.2. The minimum atomic E-state index is -0.0492. The highest BCUT2D eigenvalue weighted by molar-refractivity contribution is 6.32. The molecule has 0 aliphatic heterocycles. The van der Waals surface area contributed by atoms with Gasteiger partial charge in [-0.3, -0.25) is 4.79 Å². The van der Waals surface area contributed by atoms with E-state index in [0.717, 1.165) is 11.3 Å². The van der Waals surface area contributed by atoms with E-state index in [9.17, 15) is 4.79 Å². The quantitative estimate of drug-likeness (QED) is 0.699. The van der Waals surface area contributed by atoms with Crippen molar-refractivity contribution in [2.75, 3.05) is 33.2 Å². The maximum atomic E-state index is 12.0. The highest BCUT2D eigenvalue weighted by atomic mass is 35.5. The van der Waals surface area contributed by atoms with Crippen LogP contribution in [0.5, 0.6) is 17.2 Å². The minimum absolute atomic E-state index is 0.0492. The summed E-state index contributed by atoms with van der Waals surface area (Å²) in [5.74, 6) is 1.86. The van der Waals surface area contributed by atoms with E-state index in [1.54, 1.807) is 33.5 Å². The van der Waals surface area contributed by atoms with Crippen LogP contribution in [0, 0.1) is 0 Å². The standard InChI is InChI=1S/C19H23ClN2O4/c1-24-16-7-5-14(11-15(16)20)21-9-8-19(23)22-12-13-4-6-17(25-2)18(10-13)26-3/h4-7,10-11,21H,8-9,12H2,1-3H3,(H,22,23). The lowest BCUT2D eigenvalue weighted by molar-refractivity contribution is -0.121. The molecule has 0 atom stereocenters. The Bertz CT molecular complexity index is 752. The van der Waals surface area contributed by atoms with Crippen molar-refractivity contribution in [3.05, 3.63) is 47.0 Å². The van der Waals surface area contributed by atoms with Crippen molar-refractivity contribution in [2.24, 2.45) is 0 Å². The third-order valence-electron chi connectivity index (χ3n) is 3.77. The van der Waals surface area contributed by atoms with Crippen molar-refractivity contribution in [3.63, 3.8) is 0 Å². The van der Waals surface area contributed by atoms with E-state index in [0.29, 0.717) is 41.8 Å². The maximum Gasteiger partial charge on any atom is 0.222 e. The van der Waals surface area contributed by atoms with Crippen molar-refractivity contribution in [1.82, 2.24) is 5.32 Å². The number of benzene rings is 2. The van der Waals surface area contributed by atoms with Crippen LogP contribution in [0.15, 0.2) is 36.4 Å². The summed E-state index contributed by atoms with van der Waals surface area (Å²) in [5.41, 5.74) is 1.77. The van der Waals surface area contributed by atoms with Crippen LogP contribution >= 0.6 is 11.6 Å². The lowest BCUT2D eigenvalue weighted by Crippen LogP contribution is -2.24. The second-order valence-electron chi connectivity index (χ2n) is 5.49. The summed E-state index contributed by atoms with van der Waals surface area (Å²) in [6.07, 6.45) is 0.344. The Hall–Kier alpha value is -2.60. The first-order chi connectivity index (χ1) is 12.6. The molecular weight excluding hydrogens is 356 g/mol. The molecule has 2 aromatic carbocycles. The van der Waals surface area contributed by atoms with Gasteiger partial charge in [0.25, 0.3) is 0 Å². The zero-order valence-electron chi connectivity index (χ0n) is 15.1. The molecule has 0 heterocycles. The number of anilines is 1.